The second kappa shape index (κ2) is 6.15. The highest BCUT2D eigenvalue weighted by atomic mass is 32.1. The van der Waals surface area contributed by atoms with Crippen molar-refractivity contribution < 1.29 is 4.74 Å². The van der Waals surface area contributed by atoms with Crippen molar-refractivity contribution >= 4 is 23.0 Å². The number of ether oxygens (including phenoxy) is 1. The average molecular weight is 339 g/mol. The fourth-order valence-corrected chi connectivity index (χ4v) is 3.91. The highest BCUT2D eigenvalue weighted by molar-refractivity contribution is 7.80. The quantitative estimate of drug-likeness (QED) is 0.804. The molecule has 1 aromatic carbocycles. The Kier molecular flexibility index (Phi) is 3.98. The standard InChI is InChI=1S/C19H21N3OS/c1-14-6-7-16(12-20-14)21-18(24)22-10-8-19(9-11-22)17-5-3-2-4-15(17)13-23-19/h2-7,12H,8-11,13H2,1H3,(H,21,24). The summed E-state index contributed by atoms with van der Waals surface area (Å²) < 4.78 is 6.21. The summed E-state index contributed by atoms with van der Waals surface area (Å²) in [6.07, 6.45) is 3.76. The number of piperidine rings is 1. The van der Waals surface area contributed by atoms with Crippen molar-refractivity contribution in [2.45, 2.75) is 32.0 Å². The largest absolute Gasteiger partial charge is 0.365 e. The van der Waals surface area contributed by atoms with Crippen LogP contribution < -0.4 is 5.32 Å². The molecule has 1 spiro atoms. The Morgan fingerprint density at radius 2 is 2.00 bits per heavy atom. The fourth-order valence-electron chi connectivity index (χ4n) is 3.61. The Labute approximate surface area is 147 Å². The van der Waals surface area contributed by atoms with Crippen LogP contribution >= 0.6 is 12.2 Å². The zero-order valence-corrected chi connectivity index (χ0v) is 14.6. The molecular weight excluding hydrogens is 318 g/mol. The van der Waals surface area contributed by atoms with E-state index < -0.39 is 0 Å². The second-order valence-corrected chi connectivity index (χ2v) is 6.93. The van der Waals surface area contributed by atoms with Gasteiger partial charge < -0.3 is 15.0 Å². The molecule has 2 aliphatic heterocycles. The lowest BCUT2D eigenvalue weighted by Crippen LogP contribution is -2.46. The Balaban J connectivity index is 1.41. The van der Waals surface area contributed by atoms with Gasteiger partial charge in [-0.25, -0.2) is 0 Å². The van der Waals surface area contributed by atoms with Crippen LogP contribution in [-0.4, -0.2) is 28.1 Å². The van der Waals surface area contributed by atoms with E-state index in [1.54, 1.807) is 0 Å². The number of thiocarbonyl (C=S) groups is 1. The Bertz CT molecular complexity index is 751. The third-order valence-corrected chi connectivity index (χ3v) is 5.39. The van der Waals surface area contributed by atoms with Gasteiger partial charge in [0.1, 0.15) is 0 Å². The Morgan fingerprint density at radius 3 is 2.75 bits per heavy atom. The first kappa shape index (κ1) is 15.5. The maximum atomic E-state index is 6.21. The number of anilines is 1. The highest BCUT2D eigenvalue weighted by Crippen LogP contribution is 2.43. The molecule has 5 heteroatoms. The van der Waals surface area contributed by atoms with Crippen molar-refractivity contribution in [3.8, 4) is 0 Å². The normalized spacial score (nSPS) is 18.5. The van der Waals surface area contributed by atoms with Crippen LogP contribution in [0.15, 0.2) is 42.6 Å². The molecule has 0 unspecified atom stereocenters. The van der Waals surface area contributed by atoms with Crippen molar-refractivity contribution in [2.24, 2.45) is 0 Å². The first-order valence-corrected chi connectivity index (χ1v) is 8.78. The van der Waals surface area contributed by atoms with Crippen LogP contribution in [0.3, 0.4) is 0 Å². The number of fused-ring (bicyclic) bond motifs is 2. The molecule has 0 amide bonds. The van der Waals surface area contributed by atoms with Gasteiger partial charge in [0.05, 0.1) is 24.1 Å². The SMILES string of the molecule is Cc1ccc(NC(=S)N2CCC3(CC2)OCc2ccccc23)cn1. The van der Waals surface area contributed by atoms with E-state index in [0.29, 0.717) is 0 Å². The molecule has 4 nitrogen and oxygen atoms in total. The predicted octanol–water partition coefficient (Wildman–Crippen LogP) is 3.61. The number of nitrogens with zero attached hydrogens (tertiary/aromatic N) is 2. The van der Waals surface area contributed by atoms with E-state index >= 15 is 0 Å². The summed E-state index contributed by atoms with van der Waals surface area (Å²) in [5.41, 5.74) is 4.52. The smallest absolute Gasteiger partial charge is 0.173 e. The minimum atomic E-state index is -0.117. The second-order valence-electron chi connectivity index (χ2n) is 6.55. The first-order chi connectivity index (χ1) is 11.7. The molecule has 0 radical (unpaired) electrons. The van der Waals surface area contributed by atoms with Gasteiger partial charge in [-0.15, -0.1) is 0 Å². The van der Waals surface area contributed by atoms with Gasteiger partial charge in [-0.2, -0.15) is 0 Å². The number of hydrogen-bond donors (Lipinski definition) is 1. The molecule has 0 atom stereocenters. The summed E-state index contributed by atoms with van der Waals surface area (Å²) >= 11 is 5.58. The zero-order chi connectivity index (χ0) is 16.6. The molecule has 2 aromatic rings. The summed E-state index contributed by atoms with van der Waals surface area (Å²) in [4.78, 5) is 6.53. The number of pyridine rings is 1. The molecule has 1 fully saturated rings. The van der Waals surface area contributed by atoms with Gasteiger partial charge in [0, 0.05) is 18.8 Å². The molecule has 1 saturated heterocycles. The van der Waals surface area contributed by atoms with E-state index in [0.717, 1.165) is 49.0 Å². The average Bonchev–Trinajstić information content (AvgIpc) is 2.96. The molecule has 1 aromatic heterocycles. The summed E-state index contributed by atoms with van der Waals surface area (Å²) in [5, 5.41) is 4.06. The maximum absolute atomic E-state index is 6.21. The van der Waals surface area contributed by atoms with Gasteiger partial charge in [-0.3, -0.25) is 4.98 Å². The van der Waals surface area contributed by atoms with Gasteiger partial charge >= 0.3 is 0 Å². The number of likely N-dealkylation sites (tertiary alicyclic amines) is 1. The molecular formula is C19H21N3OS. The number of aromatic nitrogens is 1. The van der Waals surface area contributed by atoms with Crippen LogP contribution in [-0.2, 0) is 16.9 Å². The van der Waals surface area contributed by atoms with Gasteiger partial charge in [-0.05, 0) is 55.2 Å². The Morgan fingerprint density at radius 1 is 1.21 bits per heavy atom. The van der Waals surface area contributed by atoms with Crippen molar-refractivity contribution in [3.63, 3.8) is 0 Å². The van der Waals surface area contributed by atoms with Crippen LogP contribution in [0.4, 0.5) is 5.69 Å². The molecule has 3 heterocycles. The molecule has 0 bridgehead atoms. The van der Waals surface area contributed by atoms with Crippen molar-refractivity contribution in [1.82, 2.24) is 9.88 Å². The number of rotatable bonds is 1. The number of nitrogens with one attached hydrogen (secondary N) is 1. The number of benzene rings is 1. The molecule has 24 heavy (non-hydrogen) atoms. The van der Waals surface area contributed by atoms with Crippen LogP contribution in [0.2, 0.25) is 0 Å². The maximum Gasteiger partial charge on any atom is 0.173 e. The van der Waals surface area contributed by atoms with Gasteiger partial charge in [0.15, 0.2) is 5.11 Å². The first-order valence-electron chi connectivity index (χ1n) is 8.37. The number of hydrogen-bond acceptors (Lipinski definition) is 3. The summed E-state index contributed by atoms with van der Waals surface area (Å²) in [6.45, 7) is 4.51. The molecule has 0 aliphatic carbocycles. The van der Waals surface area contributed by atoms with E-state index in [2.05, 4.69) is 39.5 Å². The monoisotopic (exact) mass is 339 g/mol. The minimum absolute atomic E-state index is 0.117. The topological polar surface area (TPSA) is 37.4 Å². The van der Waals surface area contributed by atoms with E-state index in [1.165, 1.54) is 11.1 Å². The molecule has 0 saturated carbocycles. The van der Waals surface area contributed by atoms with Crippen molar-refractivity contribution in [3.05, 3.63) is 59.4 Å². The summed E-state index contributed by atoms with van der Waals surface area (Å²) in [5.74, 6) is 0. The summed E-state index contributed by atoms with van der Waals surface area (Å²) in [7, 11) is 0. The molecule has 124 valence electrons. The third kappa shape index (κ3) is 2.78. The molecule has 4 rings (SSSR count). The van der Waals surface area contributed by atoms with Crippen LogP contribution in [0, 0.1) is 6.92 Å². The van der Waals surface area contributed by atoms with E-state index in [-0.39, 0.29) is 5.60 Å². The lowest BCUT2D eigenvalue weighted by atomic mass is 9.84. The van der Waals surface area contributed by atoms with E-state index in [1.807, 2.05) is 25.3 Å². The summed E-state index contributed by atoms with van der Waals surface area (Å²) in [6, 6.07) is 12.6. The molecule has 2 aliphatic rings. The minimum Gasteiger partial charge on any atom is -0.365 e. The Hall–Kier alpha value is -1.98. The highest BCUT2D eigenvalue weighted by Gasteiger charge is 2.42. The van der Waals surface area contributed by atoms with Crippen LogP contribution in [0.5, 0.6) is 0 Å². The van der Waals surface area contributed by atoms with Gasteiger partial charge in [0.25, 0.3) is 0 Å². The lowest BCUT2D eigenvalue weighted by molar-refractivity contribution is -0.0702. The fraction of sp³-hybridized carbons (Fsp3) is 0.368. The number of aryl methyl sites for hydroxylation is 1. The van der Waals surface area contributed by atoms with Crippen LogP contribution in [0.1, 0.15) is 29.7 Å². The lowest BCUT2D eigenvalue weighted by Gasteiger charge is -2.40. The van der Waals surface area contributed by atoms with E-state index in [9.17, 15) is 0 Å². The predicted molar refractivity (Wildman–Crippen MR) is 98.9 cm³/mol. The van der Waals surface area contributed by atoms with Crippen molar-refractivity contribution in [1.29, 1.82) is 0 Å². The molecule has 1 N–H and O–H groups in total. The zero-order valence-electron chi connectivity index (χ0n) is 13.8. The van der Waals surface area contributed by atoms with Crippen molar-refractivity contribution in [2.75, 3.05) is 18.4 Å². The van der Waals surface area contributed by atoms with E-state index in [4.69, 9.17) is 17.0 Å². The third-order valence-electron chi connectivity index (χ3n) is 5.03. The van der Waals surface area contributed by atoms with Crippen LogP contribution in [0.25, 0.3) is 0 Å². The van der Waals surface area contributed by atoms with Gasteiger partial charge in [0.2, 0.25) is 0 Å². The van der Waals surface area contributed by atoms with Gasteiger partial charge in [-0.1, -0.05) is 24.3 Å².